The lowest BCUT2D eigenvalue weighted by Gasteiger charge is -2.20. The summed E-state index contributed by atoms with van der Waals surface area (Å²) in [4.78, 5) is 0. The standard InChI is InChI=1S/C8H15N3O/c1-6-4-11(10-8(6)9)7-2-3-12-5-7/h6-7H,2-5H2,1H3,(H2,9,10). The first kappa shape index (κ1) is 7.86. The molecule has 0 aromatic rings. The first-order valence-electron chi connectivity index (χ1n) is 4.45. The zero-order chi connectivity index (χ0) is 8.55. The molecule has 0 amide bonds. The molecule has 1 fully saturated rings. The number of nitrogens with zero attached hydrogens (tertiary/aromatic N) is 2. The smallest absolute Gasteiger partial charge is 0.124 e. The van der Waals surface area contributed by atoms with Crippen LogP contribution in [0.15, 0.2) is 5.10 Å². The van der Waals surface area contributed by atoms with Crippen molar-refractivity contribution in [1.29, 1.82) is 0 Å². The van der Waals surface area contributed by atoms with Gasteiger partial charge in [0.15, 0.2) is 0 Å². The molecular weight excluding hydrogens is 154 g/mol. The van der Waals surface area contributed by atoms with Crippen LogP contribution >= 0.6 is 0 Å². The van der Waals surface area contributed by atoms with Gasteiger partial charge in [-0.1, -0.05) is 6.92 Å². The maximum absolute atomic E-state index is 5.70. The molecule has 0 radical (unpaired) electrons. The Morgan fingerprint density at radius 2 is 2.50 bits per heavy atom. The van der Waals surface area contributed by atoms with Crippen LogP contribution in [0.1, 0.15) is 13.3 Å². The minimum absolute atomic E-state index is 0.408. The highest BCUT2D eigenvalue weighted by Gasteiger charge is 2.28. The fraction of sp³-hybridized carbons (Fsp3) is 0.875. The zero-order valence-corrected chi connectivity index (χ0v) is 7.36. The second-order valence-corrected chi connectivity index (χ2v) is 3.57. The normalized spacial score (nSPS) is 35.8. The fourth-order valence-corrected chi connectivity index (χ4v) is 1.65. The Bertz CT molecular complexity index is 198. The van der Waals surface area contributed by atoms with Crippen molar-refractivity contribution in [2.24, 2.45) is 16.8 Å². The van der Waals surface area contributed by atoms with Crippen molar-refractivity contribution in [1.82, 2.24) is 5.01 Å². The first-order valence-corrected chi connectivity index (χ1v) is 4.45. The second-order valence-electron chi connectivity index (χ2n) is 3.57. The summed E-state index contributed by atoms with van der Waals surface area (Å²) in [5.41, 5.74) is 5.70. The molecule has 0 aliphatic carbocycles. The number of rotatable bonds is 1. The fourth-order valence-electron chi connectivity index (χ4n) is 1.65. The largest absolute Gasteiger partial charge is 0.385 e. The summed E-state index contributed by atoms with van der Waals surface area (Å²) in [5, 5.41) is 6.38. The van der Waals surface area contributed by atoms with E-state index in [1.165, 1.54) is 0 Å². The van der Waals surface area contributed by atoms with Crippen LogP contribution in [0.2, 0.25) is 0 Å². The Kier molecular flexibility index (Phi) is 1.92. The highest BCUT2D eigenvalue weighted by molar-refractivity contribution is 5.83. The van der Waals surface area contributed by atoms with Crippen molar-refractivity contribution in [3.05, 3.63) is 0 Å². The summed E-state index contributed by atoms with van der Waals surface area (Å²) in [5.74, 6) is 1.17. The topological polar surface area (TPSA) is 50.8 Å². The molecule has 0 bridgehead atoms. The van der Waals surface area contributed by atoms with Gasteiger partial charge >= 0.3 is 0 Å². The lowest BCUT2D eigenvalue weighted by molar-refractivity contribution is 0.150. The predicted octanol–water partition coefficient (Wildman–Crippen LogP) is -0.000800. The Labute approximate surface area is 72.4 Å². The van der Waals surface area contributed by atoms with Crippen LogP contribution in [0.3, 0.4) is 0 Å². The molecule has 0 saturated carbocycles. The molecule has 4 nitrogen and oxygen atoms in total. The third-order valence-electron chi connectivity index (χ3n) is 2.54. The molecule has 2 unspecified atom stereocenters. The first-order chi connectivity index (χ1) is 5.77. The SMILES string of the molecule is CC1CN(C2CCOC2)N=C1N. The van der Waals surface area contributed by atoms with Gasteiger partial charge in [-0.3, -0.25) is 5.01 Å². The molecule has 0 spiro atoms. The molecule has 2 N–H and O–H groups in total. The molecule has 12 heavy (non-hydrogen) atoms. The van der Waals surface area contributed by atoms with Gasteiger partial charge in [0, 0.05) is 19.1 Å². The van der Waals surface area contributed by atoms with Crippen molar-refractivity contribution in [2.75, 3.05) is 19.8 Å². The number of amidine groups is 1. The molecule has 68 valence electrons. The van der Waals surface area contributed by atoms with Crippen LogP contribution in [0.25, 0.3) is 0 Å². The Hall–Kier alpha value is -0.770. The number of nitrogens with two attached hydrogens (primary N) is 1. The average Bonchev–Trinajstić information content (AvgIpc) is 2.61. The maximum Gasteiger partial charge on any atom is 0.124 e. The summed E-state index contributed by atoms with van der Waals surface area (Å²) in [6.07, 6.45) is 1.09. The molecule has 0 aromatic carbocycles. The van der Waals surface area contributed by atoms with E-state index in [2.05, 4.69) is 17.0 Å². The quantitative estimate of drug-likeness (QED) is 0.601. The van der Waals surface area contributed by atoms with Gasteiger partial charge in [-0.2, -0.15) is 5.10 Å². The summed E-state index contributed by atoms with van der Waals surface area (Å²) >= 11 is 0. The lowest BCUT2D eigenvalue weighted by Crippen LogP contribution is -2.30. The van der Waals surface area contributed by atoms with E-state index in [0.717, 1.165) is 32.0 Å². The molecule has 2 aliphatic rings. The minimum Gasteiger partial charge on any atom is -0.385 e. The van der Waals surface area contributed by atoms with E-state index in [1.54, 1.807) is 0 Å². The molecule has 4 heteroatoms. The Balaban J connectivity index is 1.98. The van der Waals surface area contributed by atoms with E-state index in [4.69, 9.17) is 10.5 Å². The molecule has 1 saturated heterocycles. The van der Waals surface area contributed by atoms with Crippen molar-refractivity contribution < 1.29 is 4.74 Å². The van der Waals surface area contributed by atoms with Crippen LogP contribution in [0.5, 0.6) is 0 Å². The molecule has 2 heterocycles. The van der Waals surface area contributed by atoms with E-state index in [9.17, 15) is 0 Å². The van der Waals surface area contributed by atoms with Crippen LogP contribution in [-0.4, -0.2) is 36.6 Å². The molecule has 2 aliphatic heterocycles. The minimum atomic E-state index is 0.408. The summed E-state index contributed by atoms with van der Waals surface area (Å²) < 4.78 is 5.29. The van der Waals surface area contributed by atoms with Gasteiger partial charge in [0.25, 0.3) is 0 Å². The molecule has 2 atom stereocenters. The highest BCUT2D eigenvalue weighted by Crippen LogP contribution is 2.19. The Morgan fingerprint density at radius 1 is 1.67 bits per heavy atom. The van der Waals surface area contributed by atoms with E-state index >= 15 is 0 Å². The van der Waals surface area contributed by atoms with Gasteiger partial charge < -0.3 is 10.5 Å². The highest BCUT2D eigenvalue weighted by atomic mass is 16.5. The van der Waals surface area contributed by atoms with Crippen LogP contribution in [0.4, 0.5) is 0 Å². The van der Waals surface area contributed by atoms with Crippen molar-refractivity contribution in [2.45, 2.75) is 19.4 Å². The number of hydrogen-bond acceptors (Lipinski definition) is 4. The third kappa shape index (κ3) is 1.27. The summed E-state index contributed by atoms with van der Waals surface area (Å²) in [6, 6.07) is 0.466. The van der Waals surface area contributed by atoms with E-state index in [0.29, 0.717) is 12.0 Å². The van der Waals surface area contributed by atoms with Crippen molar-refractivity contribution in [3.8, 4) is 0 Å². The van der Waals surface area contributed by atoms with Crippen LogP contribution < -0.4 is 5.73 Å². The van der Waals surface area contributed by atoms with Gasteiger partial charge in [-0.05, 0) is 6.42 Å². The second kappa shape index (κ2) is 2.94. The third-order valence-corrected chi connectivity index (χ3v) is 2.54. The molecule has 2 rings (SSSR count). The van der Waals surface area contributed by atoms with E-state index in [1.807, 2.05) is 0 Å². The summed E-state index contributed by atoms with van der Waals surface area (Å²) in [6.45, 7) is 4.74. The van der Waals surface area contributed by atoms with E-state index in [-0.39, 0.29) is 0 Å². The van der Waals surface area contributed by atoms with E-state index < -0.39 is 0 Å². The number of hydrogen-bond donors (Lipinski definition) is 1. The van der Waals surface area contributed by atoms with Gasteiger partial charge in [-0.25, -0.2) is 0 Å². The molecular formula is C8H15N3O. The Morgan fingerprint density at radius 3 is 3.00 bits per heavy atom. The van der Waals surface area contributed by atoms with Crippen LogP contribution in [-0.2, 0) is 4.74 Å². The van der Waals surface area contributed by atoms with Gasteiger partial charge in [0.1, 0.15) is 5.84 Å². The van der Waals surface area contributed by atoms with Gasteiger partial charge in [0.05, 0.1) is 12.6 Å². The van der Waals surface area contributed by atoms with Crippen molar-refractivity contribution in [3.63, 3.8) is 0 Å². The van der Waals surface area contributed by atoms with Gasteiger partial charge in [-0.15, -0.1) is 0 Å². The van der Waals surface area contributed by atoms with Crippen molar-refractivity contribution >= 4 is 5.84 Å². The lowest BCUT2D eigenvalue weighted by atomic mass is 10.1. The zero-order valence-electron chi connectivity index (χ0n) is 7.36. The van der Waals surface area contributed by atoms with Gasteiger partial charge in [0.2, 0.25) is 0 Å². The summed E-state index contributed by atoms with van der Waals surface area (Å²) in [7, 11) is 0. The average molecular weight is 169 g/mol. The number of ether oxygens (including phenoxy) is 1. The predicted molar refractivity (Wildman–Crippen MR) is 46.7 cm³/mol. The molecule has 0 aromatic heterocycles. The monoisotopic (exact) mass is 169 g/mol. The maximum atomic E-state index is 5.70. The number of hydrazone groups is 1. The van der Waals surface area contributed by atoms with Crippen LogP contribution in [0, 0.1) is 5.92 Å².